The topological polar surface area (TPSA) is 41.6 Å². The molecule has 6 heteroatoms. The first-order valence-corrected chi connectivity index (χ1v) is 9.35. The van der Waals surface area contributed by atoms with Gasteiger partial charge in [0.05, 0.1) is 26.4 Å². The number of anilines is 1. The Morgan fingerprint density at radius 3 is 2.35 bits per heavy atom. The molecule has 0 unspecified atom stereocenters. The molecule has 3 aromatic rings. The molecule has 26 heavy (non-hydrogen) atoms. The fourth-order valence-corrected chi connectivity index (χ4v) is 4.05. The molecule has 3 nitrogen and oxygen atoms in total. The van der Waals surface area contributed by atoms with Crippen molar-refractivity contribution >= 4 is 62.9 Å². The summed E-state index contributed by atoms with van der Waals surface area (Å²) in [6, 6.07) is 14.0. The number of aryl methyl sites for hydroxylation is 2. The Balaban J connectivity index is 1.77. The molecule has 0 saturated heterocycles. The van der Waals surface area contributed by atoms with Gasteiger partial charge in [-0.2, -0.15) is 0 Å². The van der Waals surface area contributed by atoms with Crippen LogP contribution in [0.15, 0.2) is 47.5 Å². The Labute approximate surface area is 167 Å². The molecule has 0 amide bonds. The van der Waals surface area contributed by atoms with Gasteiger partial charge in [0.15, 0.2) is 0 Å². The molecule has 1 aliphatic carbocycles. The van der Waals surface area contributed by atoms with Crippen LogP contribution in [0.5, 0.6) is 0 Å². The van der Waals surface area contributed by atoms with E-state index in [0.29, 0.717) is 26.7 Å². The van der Waals surface area contributed by atoms with E-state index in [9.17, 15) is 0 Å². The van der Waals surface area contributed by atoms with E-state index in [1.807, 2.05) is 11.9 Å². The maximum Gasteiger partial charge on any atom is 0.200 e. The van der Waals surface area contributed by atoms with Gasteiger partial charge in [0, 0.05) is 12.4 Å². The quantitative estimate of drug-likeness (QED) is 0.324. The van der Waals surface area contributed by atoms with Gasteiger partial charge in [-0.3, -0.25) is 0 Å². The van der Waals surface area contributed by atoms with E-state index in [0.717, 1.165) is 18.5 Å². The minimum Gasteiger partial charge on any atom is -0.369 e. The molecule has 0 radical (unpaired) electrons. The number of benzene rings is 3. The van der Waals surface area contributed by atoms with Crippen LogP contribution in [0.2, 0.25) is 15.1 Å². The second kappa shape index (κ2) is 6.66. The fraction of sp³-hybridized carbons (Fsp3) is 0.150. The highest BCUT2D eigenvalue weighted by atomic mass is 35.5. The summed E-state index contributed by atoms with van der Waals surface area (Å²) in [6.45, 7) is 0. The van der Waals surface area contributed by atoms with Gasteiger partial charge in [-0.1, -0.05) is 59.1 Å². The second-order valence-electron chi connectivity index (χ2n) is 6.34. The zero-order valence-electron chi connectivity index (χ0n) is 14.1. The number of nitrogens with zero attached hydrogens (tertiary/aromatic N) is 2. The number of aliphatic imine (C=N–C) groups is 1. The van der Waals surface area contributed by atoms with E-state index in [1.54, 1.807) is 12.1 Å². The van der Waals surface area contributed by atoms with E-state index in [4.69, 9.17) is 40.5 Å². The van der Waals surface area contributed by atoms with Gasteiger partial charge in [0.1, 0.15) is 0 Å². The lowest BCUT2D eigenvalue weighted by Gasteiger charge is -2.21. The van der Waals surface area contributed by atoms with Crippen molar-refractivity contribution in [3.8, 4) is 0 Å². The summed E-state index contributed by atoms with van der Waals surface area (Å²) in [4.78, 5) is 6.33. The van der Waals surface area contributed by atoms with Crippen LogP contribution in [0.25, 0.3) is 10.8 Å². The smallest absolute Gasteiger partial charge is 0.200 e. The first kappa shape index (κ1) is 17.5. The third-order valence-electron chi connectivity index (χ3n) is 4.77. The van der Waals surface area contributed by atoms with Crippen molar-refractivity contribution in [1.82, 2.24) is 0 Å². The van der Waals surface area contributed by atoms with Gasteiger partial charge >= 0.3 is 0 Å². The number of hydrogen-bond donors (Lipinski definition) is 1. The van der Waals surface area contributed by atoms with E-state index >= 15 is 0 Å². The van der Waals surface area contributed by atoms with Crippen LogP contribution in [0.1, 0.15) is 11.1 Å². The molecule has 0 aliphatic heterocycles. The summed E-state index contributed by atoms with van der Waals surface area (Å²) in [5.41, 5.74) is 10.6. The van der Waals surface area contributed by atoms with Crippen molar-refractivity contribution in [1.29, 1.82) is 0 Å². The summed E-state index contributed by atoms with van der Waals surface area (Å²) >= 11 is 18.1. The van der Waals surface area contributed by atoms with E-state index in [1.165, 1.54) is 21.9 Å². The van der Waals surface area contributed by atoms with Crippen molar-refractivity contribution in [3.63, 3.8) is 0 Å². The lowest BCUT2D eigenvalue weighted by Crippen LogP contribution is -2.33. The fourth-order valence-electron chi connectivity index (χ4n) is 3.46. The number of hydrogen-bond acceptors (Lipinski definition) is 1. The third kappa shape index (κ3) is 2.90. The summed E-state index contributed by atoms with van der Waals surface area (Å²) in [5.74, 6) is 0.346. The Hall–Kier alpha value is -1.94. The minimum atomic E-state index is 0.312. The summed E-state index contributed by atoms with van der Waals surface area (Å²) in [7, 11) is 1.90. The summed E-state index contributed by atoms with van der Waals surface area (Å²) < 4.78 is 0. The van der Waals surface area contributed by atoms with Crippen LogP contribution in [0.4, 0.5) is 11.4 Å². The maximum atomic E-state index is 6.26. The van der Waals surface area contributed by atoms with Crippen molar-refractivity contribution in [2.24, 2.45) is 10.7 Å². The lowest BCUT2D eigenvalue weighted by atomic mass is 10.0. The molecule has 1 aliphatic rings. The lowest BCUT2D eigenvalue weighted by molar-refractivity contribution is 1.02. The van der Waals surface area contributed by atoms with Gasteiger partial charge in [0.25, 0.3) is 0 Å². The van der Waals surface area contributed by atoms with Gasteiger partial charge in [-0.15, -0.1) is 0 Å². The second-order valence-corrected chi connectivity index (χ2v) is 7.53. The predicted molar refractivity (Wildman–Crippen MR) is 113 cm³/mol. The predicted octanol–water partition coefficient (Wildman–Crippen LogP) is 5.98. The van der Waals surface area contributed by atoms with Gasteiger partial charge < -0.3 is 10.6 Å². The molecule has 0 fully saturated rings. The van der Waals surface area contributed by atoms with Crippen LogP contribution in [0.3, 0.4) is 0 Å². The van der Waals surface area contributed by atoms with Crippen LogP contribution in [-0.2, 0) is 12.8 Å². The van der Waals surface area contributed by atoms with Crippen LogP contribution in [-0.4, -0.2) is 13.0 Å². The SMILES string of the molecule is CN(C(N)=Nc1cc(Cl)c(Cl)c(Cl)c1)c1ccc2c3c(cccc13)CC2. The van der Waals surface area contributed by atoms with Gasteiger partial charge in [-0.25, -0.2) is 4.99 Å². The van der Waals surface area contributed by atoms with E-state index in [-0.39, 0.29) is 0 Å². The van der Waals surface area contributed by atoms with Crippen molar-refractivity contribution in [3.05, 3.63) is 68.7 Å². The molecule has 0 spiro atoms. The first-order chi connectivity index (χ1) is 12.5. The zero-order valence-corrected chi connectivity index (χ0v) is 16.3. The molecular formula is C20H16Cl3N3. The Morgan fingerprint density at radius 1 is 1.00 bits per heavy atom. The molecule has 0 bridgehead atoms. The van der Waals surface area contributed by atoms with Crippen molar-refractivity contribution in [2.75, 3.05) is 11.9 Å². The van der Waals surface area contributed by atoms with E-state index < -0.39 is 0 Å². The molecule has 2 N–H and O–H groups in total. The Morgan fingerprint density at radius 2 is 1.65 bits per heavy atom. The average Bonchev–Trinajstić information content (AvgIpc) is 3.04. The maximum absolute atomic E-state index is 6.26. The number of halogens is 3. The van der Waals surface area contributed by atoms with Gasteiger partial charge in [0.2, 0.25) is 5.96 Å². The molecule has 0 aromatic heterocycles. The molecule has 4 rings (SSSR count). The Kier molecular flexibility index (Phi) is 4.47. The molecule has 0 saturated carbocycles. The molecule has 0 heterocycles. The largest absolute Gasteiger partial charge is 0.369 e. The first-order valence-electron chi connectivity index (χ1n) is 8.21. The van der Waals surface area contributed by atoms with Crippen LogP contribution in [0, 0.1) is 0 Å². The Bertz CT molecular complexity index is 1030. The van der Waals surface area contributed by atoms with E-state index in [2.05, 4.69) is 35.3 Å². The highest BCUT2D eigenvalue weighted by Gasteiger charge is 2.18. The highest BCUT2D eigenvalue weighted by Crippen LogP contribution is 2.37. The monoisotopic (exact) mass is 403 g/mol. The average molecular weight is 405 g/mol. The standard InChI is InChI=1S/C20H16Cl3N3/c1-26(20(24)25-13-9-15(21)19(23)16(22)10-13)17-8-7-12-6-5-11-3-2-4-14(17)18(11)12/h2-4,7-10H,5-6H2,1H3,(H2,24,25). The van der Waals surface area contributed by atoms with Crippen molar-refractivity contribution < 1.29 is 0 Å². The molecule has 132 valence electrons. The van der Waals surface area contributed by atoms with Gasteiger partial charge in [-0.05, 0) is 47.6 Å². The summed E-state index contributed by atoms with van der Waals surface area (Å²) in [6.07, 6.45) is 2.18. The van der Waals surface area contributed by atoms with Crippen LogP contribution < -0.4 is 10.6 Å². The van der Waals surface area contributed by atoms with Crippen LogP contribution >= 0.6 is 34.8 Å². The third-order valence-corrected chi connectivity index (χ3v) is 5.97. The minimum absolute atomic E-state index is 0.312. The molecule has 3 aromatic carbocycles. The normalized spacial score (nSPS) is 13.5. The number of nitrogens with two attached hydrogens (primary N) is 1. The zero-order chi connectivity index (χ0) is 18.4. The number of rotatable bonds is 2. The molecule has 0 atom stereocenters. The highest BCUT2D eigenvalue weighted by molar-refractivity contribution is 6.48. The number of guanidine groups is 1. The van der Waals surface area contributed by atoms with Crippen molar-refractivity contribution in [2.45, 2.75) is 12.8 Å². The molecular weight excluding hydrogens is 389 g/mol. The summed E-state index contributed by atoms with van der Waals surface area (Å²) in [5, 5.41) is 3.52.